The van der Waals surface area contributed by atoms with Crippen LogP contribution in [0.1, 0.15) is 24.1 Å². The summed E-state index contributed by atoms with van der Waals surface area (Å²) >= 11 is 0. The Labute approximate surface area is 135 Å². The SMILES string of the molecule is Cc1cc(C)n(C[C@H](C)NCc2nc(-c3ccncc3)n[nH]2)n1. The van der Waals surface area contributed by atoms with Crippen LogP contribution in [0.5, 0.6) is 0 Å². The van der Waals surface area contributed by atoms with Gasteiger partial charge in [-0.05, 0) is 39.0 Å². The summed E-state index contributed by atoms with van der Waals surface area (Å²) in [5.74, 6) is 1.51. The third-order valence-electron chi connectivity index (χ3n) is 3.64. The maximum absolute atomic E-state index is 4.50. The first kappa shape index (κ1) is 15.4. The van der Waals surface area contributed by atoms with E-state index in [4.69, 9.17) is 0 Å². The second-order valence-corrected chi connectivity index (χ2v) is 5.73. The summed E-state index contributed by atoms with van der Waals surface area (Å²) in [5, 5.41) is 15.1. The highest BCUT2D eigenvalue weighted by Gasteiger charge is 2.09. The summed E-state index contributed by atoms with van der Waals surface area (Å²) in [6.45, 7) is 7.68. The van der Waals surface area contributed by atoms with Gasteiger partial charge in [-0.2, -0.15) is 10.2 Å². The lowest BCUT2D eigenvalue weighted by molar-refractivity contribution is 0.439. The highest BCUT2D eigenvalue weighted by molar-refractivity contribution is 5.52. The molecule has 0 aromatic carbocycles. The minimum atomic E-state index is 0.280. The molecule has 0 radical (unpaired) electrons. The van der Waals surface area contributed by atoms with Crippen LogP contribution in [0.25, 0.3) is 11.4 Å². The van der Waals surface area contributed by atoms with E-state index in [1.807, 2.05) is 23.7 Å². The van der Waals surface area contributed by atoms with Crippen LogP contribution in [0.15, 0.2) is 30.6 Å². The molecule has 3 aromatic rings. The average Bonchev–Trinajstić information content (AvgIpc) is 3.13. The van der Waals surface area contributed by atoms with Crippen molar-refractivity contribution in [2.45, 2.75) is 39.9 Å². The van der Waals surface area contributed by atoms with Gasteiger partial charge in [-0.1, -0.05) is 0 Å². The molecule has 0 saturated heterocycles. The number of hydrogen-bond donors (Lipinski definition) is 2. The molecule has 3 heterocycles. The predicted molar refractivity (Wildman–Crippen MR) is 87.6 cm³/mol. The van der Waals surface area contributed by atoms with E-state index in [-0.39, 0.29) is 6.04 Å². The molecule has 3 aromatic heterocycles. The van der Waals surface area contributed by atoms with Crippen molar-refractivity contribution in [1.29, 1.82) is 0 Å². The van der Waals surface area contributed by atoms with E-state index in [0.717, 1.165) is 23.6 Å². The van der Waals surface area contributed by atoms with Crippen molar-refractivity contribution in [3.63, 3.8) is 0 Å². The van der Waals surface area contributed by atoms with E-state index >= 15 is 0 Å². The van der Waals surface area contributed by atoms with Gasteiger partial charge in [0.25, 0.3) is 0 Å². The first-order valence-corrected chi connectivity index (χ1v) is 7.68. The van der Waals surface area contributed by atoms with Crippen LogP contribution in [0.4, 0.5) is 0 Å². The number of aromatic nitrogens is 6. The van der Waals surface area contributed by atoms with Crippen LogP contribution in [-0.4, -0.2) is 36.0 Å². The highest BCUT2D eigenvalue weighted by Crippen LogP contribution is 2.12. The molecule has 0 aliphatic rings. The molecule has 0 amide bonds. The number of nitrogens with one attached hydrogen (secondary N) is 2. The van der Waals surface area contributed by atoms with Gasteiger partial charge in [-0.15, -0.1) is 0 Å². The lowest BCUT2D eigenvalue weighted by atomic mass is 10.2. The van der Waals surface area contributed by atoms with Gasteiger partial charge in [0.1, 0.15) is 5.82 Å². The largest absolute Gasteiger partial charge is 0.305 e. The maximum atomic E-state index is 4.50. The summed E-state index contributed by atoms with van der Waals surface area (Å²) in [7, 11) is 0. The molecule has 1 atom stereocenters. The van der Waals surface area contributed by atoms with Gasteiger partial charge in [-0.25, -0.2) is 4.98 Å². The molecule has 7 nitrogen and oxygen atoms in total. The first-order valence-electron chi connectivity index (χ1n) is 7.68. The number of aryl methyl sites for hydroxylation is 2. The first-order chi connectivity index (χ1) is 11.1. The van der Waals surface area contributed by atoms with Crippen LogP contribution in [-0.2, 0) is 13.1 Å². The molecular formula is C16H21N7. The van der Waals surface area contributed by atoms with Crippen molar-refractivity contribution in [1.82, 2.24) is 35.3 Å². The van der Waals surface area contributed by atoms with Crippen molar-refractivity contribution in [2.24, 2.45) is 0 Å². The Kier molecular flexibility index (Phi) is 4.47. The Bertz CT molecular complexity index is 760. The maximum Gasteiger partial charge on any atom is 0.181 e. The molecule has 2 N–H and O–H groups in total. The number of rotatable bonds is 6. The van der Waals surface area contributed by atoms with Gasteiger partial charge in [0.15, 0.2) is 5.82 Å². The lowest BCUT2D eigenvalue weighted by Crippen LogP contribution is -2.31. The number of H-pyrrole nitrogens is 1. The Hall–Kier alpha value is -2.54. The Morgan fingerprint density at radius 1 is 1.26 bits per heavy atom. The van der Waals surface area contributed by atoms with E-state index in [9.17, 15) is 0 Å². The molecule has 0 bridgehead atoms. The summed E-state index contributed by atoms with van der Waals surface area (Å²) in [4.78, 5) is 8.50. The van der Waals surface area contributed by atoms with E-state index in [0.29, 0.717) is 12.4 Å². The summed E-state index contributed by atoms with van der Waals surface area (Å²) in [6.07, 6.45) is 3.47. The topological polar surface area (TPSA) is 84.3 Å². The molecule has 120 valence electrons. The van der Waals surface area contributed by atoms with Crippen LogP contribution in [0.3, 0.4) is 0 Å². The van der Waals surface area contributed by atoms with Crippen molar-refractivity contribution in [3.05, 3.63) is 47.8 Å². The quantitative estimate of drug-likeness (QED) is 0.726. The fourth-order valence-electron chi connectivity index (χ4n) is 2.46. The standard InChI is InChI=1S/C16H21N7/c1-11-8-13(3)23(22-11)10-12(2)18-9-15-19-16(21-20-15)14-4-6-17-7-5-14/h4-8,12,18H,9-10H2,1-3H3,(H,19,20,21)/t12-/m0/s1. The molecule has 0 saturated carbocycles. The van der Waals surface area contributed by atoms with Crippen molar-refractivity contribution in [3.8, 4) is 11.4 Å². The number of pyridine rings is 1. The van der Waals surface area contributed by atoms with E-state index in [1.165, 1.54) is 5.69 Å². The molecule has 0 fully saturated rings. The molecule has 23 heavy (non-hydrogen) atoms. The Morgan fingerprint density at radius 2 is 2.04 bits per heavy atom. The zero-order valence-electron chi connectivity index (χ0n) is 13.6. The normalized spacial score (nSPS) is 12.5. The van der Waals surface area contributed by atoms with Crippen molar-refractivity contribution < 1.29 is 0 Å². The predicted octanol–water partition coefficient (Wildman–Crippen LogP) is 1.86. The zero-order valence-corrected chi connectivity index (χ0v) is 13.6. The van der Waals surface area contributed by atoms with Gasteiger partial charge in [0, 0.05) is 29.7 Å². The van der Waals surface area contributed by atoms with E-state index in [1.54, 1.807) is 12.4 Å². The molecular weight excluding hydrogens is 290 g/mol. The van der Waals surface area contributed by atoms with Gasteiger partial charge in [-0.3, -0.25) is 14.8 Å². The van der Waals surface area contributed by atoms with Gasteiger partial charge in [0.2, 0.25) is 0 Å². The van der Waals surface area contributed by atoms with Crippen molar-refractivity contribution >= 4 is 0 Å². The van der Waals surface area contributed by atoms with E-state index < -0.39 is 0 Å². The summed E-state index contributed by atoms with van der Waals surface area (Å²) < 4.78 is 2.02. The second-order valence-electron chi connectivity index (χ2n) is 5.73. The monoisotopic (exact) mass is 311 g/mol. The van der Waals surface area contributed by atoms with Gasteiger partial charge in [0.05, 0.1) is 18.8 Å². The summed E-state index contributed by atoms with van der Waals surface area (Å²) in [5.41, 5.74) is 3.18. The molecule has 7 heteroatoms. The minimum Gasteiger partial charge on any atom is -0.305 e. The molecule has 0 aliphatic heterocycles. The van der Waals surface area contributed by atoms with Crippen LogP contribution in [0, 0.1) is 13.8 Å². The fourth-order valence-corrected chi connectivity index (χ4v) is 2.46. The molecule has 0 unspecified atom stereocenters. The number of hydrogen-bond acceptors (Lipinski definition) is 5. The van der Waals surface area contributed by atoms with Crippen LogP contribution >= 0.6 is 0 Å². The third kappa shape index (κ3) is 3.81. The lowest BCUT2D eigenvalue weighted by Gasteiger charge is -2.13. The Balaban J connectivity index is 1.56. The smallest absolute Gasteiger partial charge is 0.181 e. The average molecular weight is 311 g/mol. The number of nitrogens with zero attached hydrogens (tertiary/aromatic N) is 5. The molecule has 0 aliphatic carbocycles. The van der Waals surface area contributed by atoms with Crippen LogP contribution in [0.2, 0.25) is 0 Å². The third-order valence-corrected chi connectivity index (χ3v) is 3.64. The highest BCUT2D eigenvalue weighted by atomic mass is 15.3. The zero-order chi connectivity index (χ0) is 16.2. The van der Waals surface area contributed by atoms with E-state index in [2.05, 4.69) is 50.5 Å². The van der Waals surface area contributed by atoms with Crippen LogP contribution < -0.4 is 5.32 Å². The Morgan fingerprint density at radius 3 is 2.74 bits per heavy atom. The molecule has 0 spiro atoms. The minimum absolute atomic E-state index is 0.280. The molecule has 3 rings (SSSR count). The van der Waals surface area contributed by atoms with Gasteiger partial charge >= 0.3 is 0 Å². The van der Waals surface area contributed by atoms with Crippen molar-refractivity contribution in [2.75, 3.05) is 0 Å². The summed E-state index contributed by atoms with van der Waals surface area (Å²) in [6, 6.07) is 6.16. The van der Waals surface area contributed by atoms with Gasteiger partial charge < -0.3 is 5.32 Å². The second kappa shape index (κ2) is 6.70. The fraction of sp³-hybridized carbons (Fsp3) is 0.375. The number of aromatic amines is 1.